The Morgan fingerprint density at radius 2 is 1.91 bits per heavy atom. The van der Waals surface area contributed by atoms with E-state index >= 15 is 0 Å². The summed E-state index contributed by atoms with van der Waals surface area (Å²) < 4.78 is 0. The largest absolute Gasteiger partial charge is 0.339 e. The molecule has 22 heavy (non-hydrogen) atoms. The minimum atomic E-state index is -0.574. The average molecular weight is 316 g/mol. The summed E-state index contributed by atoms with van der Waals surface area (Å²) >= 11 is 1.36. The Bertz CT molecular complexity index is 650. The van der Waals surface area contributed by atoms with Gasteiger partial charge in [0.05, 0.1) is 4.88 Å². The summed E-state index contributed by atoms with van der Waals surface area (Å²) in [5.74, 6) is -0.424. The molecule has 0 saturated carbocycles. The number of carbonyl (C=O) groups is 2. The van der Waals surface area contributed by atoms with Gasteiger partial charge in [-0.2, -0.15) is 0 Å². The van der Waals surface area contributed by atoms with Gasteiger partial charge < -0.3 is 10.6 Å². The van der Waals surface area contributed by atoms with Gasteiger partial charge in [0.1, 0.15) is 6.04 Å². The van der Waals surface area contributed by atoms with Crippen molar-refractivity contribution in [1.29, 1.82) is 0 Å². The molecule has 2 amide bonds. The van der Waals surface area contributed by atoms with Crippen molar-refractivity contribution >= 4 is 28.8 Å². The van der Waals surface area contributed by atoms with Gasteiger partial charge in [-0.15, -0.1) is 11.3 Å². The van der Waals surface area contributed by atoms with Crippen molar-refractivity contribution in [3.05, 3.63) is 52.2 Å². The van der Waals surface area contributed by atoms with Gasteiger partial charge in [-0.3, -0.25) is 9.59 Å². The Labute approximate surface area is 134 Å². The molecule has 0 radical (unpaired) electrons. The molecule has 0 aliphatic heterocycles. The molecule has 116 valence electrons. The molecule has 0 aliphatic rings. The summed E-state index contributed by atoms with van der Waals surface area (Å²) in [5.41, 5.74) is 1.81. The van der Waals surface area contributed by atoms with Crippen molar-refractivity contribution in [3.8, 4) is 0 Å². The number of amides is 2. The number of aryl methyl sites for hydroxylation is 1. The molecular weight excluding hydrogens is 296 g/mol. The lowest BCUT2D eigenvalue weighted by Crippen LogP contribution is -2.46. The van der Waals surface area contributed by atoms with Crippen LogP contribution in [0.25, 0.3) is 0 Å². The van der Waals surface area contributed by atoms with E-state index in [9.17, 15) is 9.59 Å². The molecule has 0 saturated heterocycles. The zero-order valence-electron chi connectivity index (χ0n) is 12.9. The van der Waals surface area contributed by atoms with Crippen LogP contribution in [0, 0.1) is 12.8 Å². The maximum absolute atomic E-state index is 12.4. The number of hydrogen-bond donors (Lipinski definition) is 2. The maximum atomic E-state index is 12.4. The lowest BCUT2D eigenvalue weighted by molar-refractivity contribution is -0.118. The second-order valence-electron chi connectivity index (χ2n) is 5.53. The third kappa shape index (κ3) is 4.18. The van der Waals surface area contributed by atoms with Crippen LogP contribution in [0.4, 0.5) is 5.69 Å². The van der Waals surface area contributed by atoms with Crippen molar-refractivity contribution in [1.82, 2.24) is 5.32 Å². The standard InChI is InChI=1S/C17H20N2O2S/c1-11(2)15(19-16(20)14-8-5-9-22-14)17(21)18-13-7-4-6-12(3)10-13/h4-11,15H,1-3H3,(H,18,21)(H,19,20)/t15-/m0/s1. The number of benzene rings is 1. The lowest BCUT2D eigenvalue weighted by atomic mass is 10.0. The van der Waals surface area contributed by atoms with Gasteiger partial charge in [-0.05, 0) is 42.0 Å². The molecule has 0 aliphatic carbocycles. The van der Waals surface area contributed by atoms with E-state index in [1.54, 1.807) is 6.07 Å². The minimum Gasteiger partial charge on any atom is -0.339 e. The van der Waals surface area contributed by atoms with Crippen LogP contribution in [0.15, 0.2) is 41.8 Å². The quantitative estimate of drug-likeness (QED) is 0.887. The molecule has 1 aromatic carbocycles. The van der Waals surface area contributed by atoms with E-state index in [4.69, 9.17) is 0 Å². The number of anilines is 1. The van der Waals surface area contributed by atoms with E-state index in [0.29, 0.717) is 4.88 Å². The van der Waals surface area contributed by atoms with E-state index in [1.165, 1.54) is 11.3 Å². The SMILES string of the molecule is Cc1cccc(NC(=O)[C@@H](NC(=O)c2cccs2)C(C)C)c1. The Balaban J connectivity index is 2.07. The van der Waals surface area contributed by atoms with Gasteiger partial charge in [0.15, 0.2) is 0 Å². The summed E-state index contributed by atoms with van der Waals surface area (Å²) in [4.78, 5) is 25.2. The molecule has 4 nitrogen and oxygen atoms in total. The third-order valence-electron chi connectivity index (χ3n) is 3.27. The molecule has 0 spiro atoms. The number of hydrogen-bond acceptors (Lipinski definition) is 3. The second-order valence-corrected chi connectivity index (χ2v) is 6.48. The van der Waals surface area contributed by atoms with Crippen LogP contribution in [0.1, 0.15) is 29.1 Å². The van der Waals surface area contributed by atoms with Crippen LogP contribution in [0.5, 0.6) is 0 Å². The molecule has 2 N–H and O–H groups in total. The fourth-order valence-electron chi connectivity index (χ4n) is 2.10. The van der Waals surface area contributed by atoms with E-state index < -0.39 is 6.04 Å². The van der Waals surface area contributed by atoms with Crippen LogP contribution in [0.2, 0.25) is 0 Å². The van der Waals surface area contributed by atoms with Gasteiger partial charge in [-0.1, -0.05) is 32.0 Å². The first kappa shape index (κ1) is 16.2. The first-order chi connectivity index (χ1) is 10.5. The predicted octanol–water partition coefficient (Wildman–Crippen LogP) is 3.45. The van der Waals surface area contributed by atoms with Crippen molar-refractivity contribution in [3.63, 3.8) is 0 Å². The highest BCUT2D eigenvalue weighted by Crippen LogP contribution is 2.13. The van der Waals surface area contributed by atoms with Crippen molar-refractivity contribution in [2.75, 3.05) is 5.32 Å². The number of nitrogens with one attached hydrogen (secondary N) is 2. The van der Waals surface area contributed by atoms with Gasteiger partial charge in [0, 0.05) is 5.69 Å². The van der Waals surface area contributed by atoms with Crippen molar-refractivity contribution < 1.29 is 9.59 Å². The first-order valence-electron chi connectivity index (χ1n) is 7.19. The zero-order valence-corrected chi connectivity index (χ0v) is 13.7. The highest BCUT2D eigenvalue weighted by atomic mass is 32.1. The highest BCUT2D eigenvalue weighted by molar-refractivity contribution is 7.12. The van der Waals surface area contributed by atoms with Gasteiger partial charge >= 0.3 is 0 Å². The Morgan fingerprint density at radius 1 is 1.14 bits per heavy atom. The molecule has 0 bridgehead atoms. The molecule has 2 rings (SSSR count). The molecule has 2 aromatic rings. The smallest absolute Gasteiger partial charge is 0.262 e. The van der Waals surface area contributed by atoms with Crippen LogP contribution < -0.4 is 10.6 Å². The van der Waals surface area contributed by atoms with Crippen LogP contribution >= 0.6 is 11.3 Å². The molecule has 0 fully saturated rings. The van der Waals surface area contributed by atoms with Gasteiger partial charge in [0.2, 0.25) is 5.91 Å². The molecular formula is C17H20N2O2S. The van der Waals surface area contributed by atoms with E-state index in [2.05, 4.69) is 10.6 Å². The molecule has 0 unspecified atom stereocenters. The second kappa shape index (κ2) is 7.22. The number of thiophene rings is 1. The summed E-state index contributed by atoms with van der Waals surface area (Å²) in [5, 5.41) is 7.52. The predicted molar refractivity (Wildman–Crippen MR) is 90.2 cm³/mol. The van der Waals surface area contributed by atoms with Crippen molar-refractivity contribution in [2.45, 2.75) is 26.8 Å². The Morgan fingerprint density at radius 3 is 2.50 bits per heavy atom. The van der Waals surface area contributed by atoms with E-state index in [0.717, 1.165) is 11.3 Å². The fourth-order valence-corrected chi connectivity index (χ4v) is 2.72. The first-order valence-corrected chi connectivity index (χ1v) is 8.07. The minimum absolute atomic E-state index is 0.00581. The molecule has 1 atom stereocenters. The Hall–Kier alpha value is -2.14. The zero-order chi connectivity index (χ0) is 16.1. The number of rotatable bonds is 5. The van der Waals surface area contributed by atoms with Crippen LogP contribution in [-0.2, 0) is 4.79 Å². The molecule has 5 heteroatoms. The Kier molecular flexibility index (Phi) is 5.33. The molecule has 1 heterocycles. The highest BCUT2D eigenvalue weighted by Gasteiger charge is 2.25. The summed E-state index contributed by atoms with van der Waals surface area (Å²) in [6, 6.07) is 10.6. The van der Waals surface area contributed by atoms with Crippen LogP contribution in [-0.4, -0.2) is 17.9 Å². The van der Waals surface area contributed by atoms with E-state index in [1.807, 2.05) is 56.5 Å². The maximum Gasteiger partial charge on any atom is 0.262 e. The third-order valence-corrected chi connectivity index (χ3v) is 4.13. The fraction of sp³-hybridized carbons (Fsp3) is 0.294. The van der Waals surface area contributed by atoms with Crippen LogP contribution in [0.3, 0.4) is 0 Å². The summed E-state index contributed by atoms with van der Waals surface area (Å²) in [7, 11) is 0. The average Bonchev–Trinajstić information content (AvgIpc) is 2.98. The van der Waals surface area contributed by atoms with Gasteiger partial charge in [-0.25, -0.2) is 0 Å². The van der Waals surface area contributed by atoms with E-state index in [-0.39, 0.29) is 17.7 Å². The molecule has 1 aromatic heterocycles. The normalized spacial score (nSPS) is 12.0. The monoisotopic (exact) mass is 316 g/mol. The van der Waals surface area contributed by atoms with Gasteiger partial charge in [0.25, 0.3) is 5.91 Å². The summed E-state index contributed by atoms with van der Waals surface area (Å²) in [6.07, 6.45) is 0. The topological polar surface area (TPSA) is 58.2 Å². The number of carbonyl (C=O) groups excluding carboxylic acids is 2. The van der Waals surface area contributed by atoms with Crippen molar-refractivity contribution in [2.24, 2.45) is 5.92 Å². The summed E-state index contributed by atoms with van der Waals surface area (Å²) in [6.45, 7) is 5.79. The lowest BCUT2D eigenvalue weighted by Gasteiger charge is -2.21.